The van der Waals surface area contributed by atoms with Gasteiger partial charge in [-0.1, -0.05) is 6.92 Å². The van der Waals surface area contributed by atoms with Crippen molar-refractivity contribution in [3.05, 3.63) is 23.4 Å². The quantitative estimate of drug-likeness (QED) is 0.875. The molecule has 102 valence electrons. The second-order valence-corrected chi connectivity index (χ2v) is 5.72. The monoisotopic (exact) mass is 259 g/mol. The lowest BCUT2D eigenvalue weighted by molar-refractivity contribution is 0.00494. The number of aryl methyl sites for hydroxylation is 1. The fraction of sp³-hybridized carbons (Fsp3) is 0.600. The molecule has 4 nitrogen and oxygen atoms in total. The van der Waals surface area contributed by atoms with E-state index in [1.54, 1.807) is 6.20 Å². The molecule has 0 saturated heterocycles. The minimum absolute atomic E-state index is 0.463. The van der Waals surface area contributed by atoms with Crippen molar-refractivity contribution in [3.63, 3.8) is 0 Å². The zero-order valence-corrected chi connectivity index (χ0v) is 11.6. The van der Waals surface area contributed by atoms with Gasteiger partial charge in [-0.2, -0.15) is 5.26 Å². The van der Waals surface area contributed by atoms with Crippen LogP contribution in [0.15, 0.2) is 12.3 Å². The topological polar surface area (TPSA) is 68.9 Å². The van der Waals surface area contributed by atoms with Crippen molar-refractivity contribution in [3.8, 4) is 6.07 Å². The largest absolute Gasteiger partial charge is 0.388 e. The fourth-order valence-corrected chi connectivity index (χ4v) is 2.56. The molecule has 1 fully saturated rings. The lowest BCUT2D eigenvalue weighted by Crippen LogP contribution is -2.40. The van der Waals surface area contributed by atoms with Crippen LogP contribution in [0.2, 0.25) is 0 Å². The van der Waals surface area contributed by atoms with Crippen LogP contribution < -0.4 is 5.32 Å². The number of anilines is 1. The van der Waals surface area contributed by atoms with Gasteiger partial charge in [0, 0.05) is 12.7 Å². The van der Waals surface area contributed by atoms with Crippen LogP contribution in [0.5, 0.6) is 0 Å². The van der Waals surface area contributed by atoms with E-state index in [-0.39, 0.29) is 0 Å². The summed E-state index contributed by atoms with van der Waals surface area (Å²) >= 11 is 0. The summed E-state index contributed by atoms with van der Waals surface area (Å²) in [5.74, 6) is 1.28. The highest BCUT2D eigenvalue weighted by Gasteiger charge is 2.31. The van der Waals surface area contributed by atoms with E-state index < -0.39 is 5.60 Å². The number of nitriles is 1. The van der Waals surface area contributed by atoms with E-state index in [1.165, 1.54) is 0 Å². The number of hydrogen-bond donors (Lipinski definition) is 2. The predicted molar refractivity (Wildman–Crippen MR) is 74.8 cm³/mol. The first-order chi connectivity index (χ1) is 9.04. The fourth-order valence-electron chi connectivity index (χ4n) is 2.56. The van der Waals surface area contributed by atoms with Gasteiger partial charge in [0.2, 0.25) is 0 Å². The van der Waals surface area contributed by atoms with Gasteiger partial charge in [0.25, 0.3) is 0 Å². The third-order valence-electron chi connectivity index (χ3n) is 4.06. The molecule has 0 unspecified atom stereocenters. The molecule has 0 bridgehead atoms. The highest BCUT2D eigenvalue weighted by Crippen LogP contribution is 2.32. The van der Waals surface area contributed by atoms with Crippen LogP contribution >= 0.6 is 0 Å². The average molecular weight is 259 g/mol. The molecule has 1 aromatic rings. The lowest BCUT2D eigenvalue weighted by atomic mass is 9.79. The Morgan fingerprint density at radius 3 is 2.84 bits per heavy atom. The molecule has 1 aromatic heterocycles. The number of hydrogen-bond acceptors (Lipinski definition) is 4. The molecule has 19 heavy (non-hydrogen) atoms. The van der Waals surface area contributed by atoms with Crippen molar-refractivity contribution in [2.24, 2.45) is 5.92 Å². The summed E-state index contributed by atoms with van der Waals surface area (Å²) < 4.78 is 0. The summed E-state index contributed by atoms with van der Waals surface area (Å²) in [4.78, 5) is 4.20. The van der Waals surface area contributed by atoms with E-state index in [4.69, 9.17) is 5.26 Å². The van der Waals surface area contributed by atoms with E-state index in [0.29, 0.717) is 23.8 Å². The van der Waals surface area contributed by atoms with Crippen molar-refractivity contribution in [1.82, 2.24) is 4.98 Å². The highest BCUT2D eigenvalue weighted by molar-refractivity contribution is 5.55. The Morgan fingerprint density at radius 1 is 1.53 bits per heavy atom. The Bertz CT molecular complexity index is 485. The molecule has 1 aliphatic rings. The van der Waals surface area contributed by atoms with E-state index >= 15 is 0 Å². The summed E-state index contributed by atoms with van der Waals surface area (Å²) in [6.07, 6.45) is 5.43. The molecule has 1 saturated carbocycles. The van der Waals surface area contributed by atoms with E-state index in [9.17, 15) is 5.11 Å². The van der Waals surface area contributed by atoms with Crippen molar-refractivity contribution in [1.29, 1.82) is 5.26 Å². The predicted octanol–water partition coefficient (Wildman–Crippen LogP) is 2.61. The molecule has 1 aliphatic carbocycles. The number of aromatic nitrogens is 1. The van der Waals surface area contributed by atoms with Crippen molar-refractivity contribution in [2.45, 2.75) is 45.1 Å². The summed E-state index contributed by atoms with van der Waals surface area (Å²) in [5, 5.41) is 22.8. The summed E-state index contributed by atoms with van der Waals surface area (Å²) in [6, 6.07) is 3.98. The second-order valence-electron chi connectivity index (χ2n) is 5.72. The van der Waals surface area contributed by atoms with Crippen LogP contribution in [-0.4, -0.2) is 22.2 Å². The van der Waals surface area contributed by atoms with Crippen LogP contribution in [-0.2, 0) is 0 Å². The standard InChI is InChI=1S/C15H21N3O/c1-11-3-6-15(19,7-4-11)10-18-14-13(9-16)12(2)5-8-17-14/h5,8,11,19H,3-4,6-7,10H2,1-2H3,(H,17,18). The summed E-state index contributed by atoms with van der Waals surface area (Å²) in [7, 11) is 0. The highest BCUT2D eigenvalue weighted by atomic mass is 16.3. The molecule has 0 atom stereocenters. The molecule has 0 radical (unpaired) electrons. The summed E-state index contributed by atoms with van der Waals surface area (Å²) in [6.45, 7) is 4.58. The van der Waals surface area contributed by atoms with Gasteiger partial charge in [0.05, 0.1) is 11.2 Å². The minimum atomic E-state index is -0.662. The Kier molecular flexibility index (Phi) is 4.06. The zero-order chi connectivity index (χ0) is 13.9. The van der Waals surface area contributed by atoms with Gasteiger partial charge in [-0.25, -0.2) is 4.98 Å². The van der Waals surface area contributed by atoms with Crippen LogP contribution in [0.4, 0.5) is 5.82 Å². The van der Waals surface area contributed by atoms with Gasteiger partial charge in [0.15, 0.2) is 0 Å². The first-order valence-electron chi connectivity index (χ1n) is 6.86. The minimum Gasteiger partial charge on any atom is -0.388 e. The molecule has 0 aromatic carbocycles. The molecular weight excluding hydrogens is 238 g/mol. The molecule has 0 spiro atoms. The first kappa shape index (κ1) is 13.8. The Labute approximate surface area is 114 Å². The van der Waals surface area contributed by atoms with Gasteiger partial charge in [-0.05, 0) is 50.2 Å². The number of rotatable bonds is 3. The average Bonchev–Trinajstić information content (AvgIpc) is 2.40. The van der Waals surface area contributed by atoms with Gasteiger partial charge >= 0.3 is 0 Å². The number of pyridine rings is 1. The summed E-state index contributed by atoms with van der Waals surface area (Å²) in [5.41, 5.74) is 0.810. The number of aliphatic hydroxyl groups is 1. The van der Waals surface area contributed by atoms with E-state index in [2.05, 4.69) is 23.3 Å². The van der Waals surface area contributed by atoms with Crippen molar-refractivity contribution >= 4 is 5.82 Å². The van der Waals surface area contributed by atoms with Gasteiger partial charge in [-0.3, -0.25) is 0 Å². The first-order valence-corrected chi connectivity index (χ1v) is 6.86. The van der Waals surface area contributed by atoms with Crippen LogP contribution in [0, 0.1) is 24.2 Å². The molecule has 2 N–H and O–H groups in total. The Morgan fingerprint density at radius 2 is 2.21 bits per heavy atom. The van der Waals surface area contributed by atoms with Crippen LogP contribution in [0.1, 0.15) is 43.7 Å². The molecule has 4 heteroatoms. The number of nitrogens with zero attached hydrogens (tertiary/aromatic N) is 2. The Balaban J connectivity index is 2.03. The van der Waals surface area contributed by atoms with Crippen molar-refractivity contribution < 1.29 is 5.11 Å². The third-order valence-corrected chi connectivity index (χ3v) is 4.06. The maximum Gasteiger partial charge on any atom is 0.144 e. The van der Waals surface area contributed by atoms with Gasteiger partial charge in [-0.15, -0.1) is 0 Å². The lowest BCUT2D eigenvalue weighted by Gasteiger charge is -2.35. The van der Waals surface area contributed by atoms with Crippen LogP contribution in [0.3, 0.4) is 0 Å². The molecule has 0 aliphatic heterocycles. The zero-order valence-electron chi connectivity index (χ0n) is 11.6. The van der Waals surface area contributed by atoms with E-state index in [0.717, 1.165) is 31.2 Å². The molecule has 0 amide bonds. The third kappa shape index (κ3) is 3.24. The number of nitrogens with one attached hydrogen (secondary N) is 1. The van der Waals surface area contributed by atoms with Crippen molar-refractivity contribution in [2.75, 3.05) is 11.9 Å². The Hall–Kier alpha value is -1.60. The van der Waals surface area contributed by atoms with E-state index in [1.807, 2.05) is 13.0 Å². The molecular formula is C15H21N3O. The van der Waals surface area contributed by atoms with Gasteiger partial charge in [0.1, 0.15) is 11.9 Å². The normalized spacial score (nSPS) is 26.7. The van der Waals surface area contributed by atoms with Crippen LogP contribution in [0.25, 0.3) is 0 Å². The second kappa shape index (κ2) is 5.58. The van der Waals surface area contributed by atoms with Gasteiger partial charge < -0.3 is 10.4 Å². The smallest absolute Gasteiger partial charge is 0.144 e. The maximum absolute atomic E-state index is 10.5. The maximum atomic E-state index is 10.5. The molecule has 1 heterocycles. The molecule has 2 rings (SSSR count). The SMILES string of the molecule is Cc1ccnc(NCC2(O)CCC(C)CC2)c1C#N.